The van der Waals surface area contributed by atoms with Crippen LogP contribution in [0.1, 0.15) is 13.8 Å². The monoisotopic (exact) mass is 243 g/mol. The van der Waals surface area contributed by atoms with Crippen LogP contribution in [-0.2, 0) is 10.9 Å². The van der Waals surface area contributed by atoms with Gasteiger partial charge in [0.25, 0.3) is 0 Å². The largest absolute Gasteiger partial charge is 0.160 e. The lowest BCUT2D eigenvalue weighted by atomic mass is 10.3. The van der Waals surface area contributed by atoms with Gasteiger partial charge in [-0.25, -0.2) is 0 Å². The van der Waals surface area contributed by atoms with Gasteiger partial charge >= 0.3 is 0 Å². The second-order valence-electron chi connectivity index (χ2n) is 4.58. The van der Waals surface area contributed by atoms with Crippen LogP contribution in [0.2, 0.25) is 0 Å². The summed E-state index contributed by atoms with van der Waals surface area (Å²) in [5.41, 5.74) is 0. The predicted octanol–water partition coefficient (Wildman–Crippen LogP) is 4.38. The Morgan fingerprint density at radius 3 is 1.53 bits per heavy atom. The first kappa shape index (κ1) is 12.3. The van der Waals surface area contributed by atoms with E-state index in [1.165, 1.54) is 15.5 Å². The van der Waals surface area contributed by atoms with Gasteiger partial charge in [0.15, 0.2) is 9.79 Å². The fourth-order valence-corrected chi connectivity index (χ4v) is 4.13. The van der Waals surface area contributed by atoms with Gasteiger partial charge < -0.3 is 0 Å². The molecule has 0 heterocycles. The molecule has 2 aromatic rings. The molecular formula is C16H19S+. The van der Waals surface area contributed by atoms with E-state index in [-0.39, 0.29) is 10.9 Å². The minimum absolute atomic E-state index is 0.219. The quantitative estimate of drug-likeness (QED) is 0.699. The number of rotatable bonds is 4. The highest BCUT2D eigenvalue weighted by molar-refractivity contribution is 7.97. The van der Waals surface area contributed by atoms with Gasteiger partial charge in [0.05, 0.1) is 10.9 Å². The van der Waals surface area contributed by atoms with E-state index in [1.54, 1.807) is 0 Å². The molecule has 0 saturated heterocycles. The molecule has 0 aliphatic heterocycles. The van der Waals surface area contributed by atoms with E-state index in [2.05, 4.69) is 74.5 Å². The lowest BCUT2D eigenvalue weighted by Crippen LogP contribution is -2.13. The van der Waals surface area contributed by atoms with E-state index in [0.29, 0.717) is 0 Å². The zero-order valence-electron chi connectivity index (χ0n) is 10.5. The second-order valence-corrected chi connectivity index (χ2v) is 6.63. The van der Waals surface area contributed by atoms with Crippen LogP contribution in [-0.4, -0.2) is 5.75 Å². The minimum Gasteiger partial charge on any atom is -0.0619 e. The van der Waals surface area contributed by atoms with E-state index in [1.807, 2.05) is 0 Å². The maximum Gasteiger partial charge on any atom is 0.160 e. The van der Waals surface area contributed by atoms with Crippen LogP contribution < -0.4 is 0 Å². The van der Waals surface area contributed by atoms with Gasteiger partial charge in [-0.05, 0) is 30.2 Å². The zero-order valence-corrected chi connectivity index (χ0v) is 11.3. The zero-order chi connectivity index (χ0) is 12.1. The van der Waals surface area contributed by atoms with Crippen molar-refractivity contribution >= 4 is 10.9 Å². The molecule has 2 aromatic carbocycles. The van der Waals surface area contributed by atoms with Crippen molar-refractivity contribution in [2.75, 3.05) is 5.75 Å². The Morgan fingerprint density at radius 1 is 0.765 bits per heavy atom. The molecule has 0 unspecified atom stereocenters. The fraction of sp³-hybridized carbons (Fsp3) is 0.250. The molecule has 0 bridgehead atoms. The summed E-state index contributed by atoms with van der Waals surface area (Å²) < 4.78 is 0. The average Bonchev–Trinajstić information content (AvgIpc) is 2.38. The van der Waals surface area contributed by atoms with E-state index in [4.69, 9.17) is 0 Å². The highest BCUT2D eigenvalue weighted by Crippen LogP contribution is 2.25. The maximum absolute atomic E-state index is 2.30. The molecule has 2 rings (SSSR count). The summed E-state index contributed by atoms with van der Waals surface area (Å²) in [5, 5.41) is 0. The smallest absolute Gasteiger partial charge is 0.0619 e. The molecular weight excluding hydrogens is 224 g/mol. The highest BCUT2D eigenvalue weighted by atomic mass is 32.2. The van der Waals surface area contributed by atoms with Crippen molar-refractivity contribution in [1.29, 1.82) is 0 Å². The molecule has 0 N–H and O–H groups in total. The molecule has 0 spiro atoms. The maximum atomic E-state index is 2.30. The van der Waals surface area contributed by atoms with Crippen LogP contribution in [0.25, 0.3) is 0 Å². The van der Waals surface area contributed by atoms with Crippen molar-refractivity contribution in [3.8, 4) is 0 Å². The molecule has 88 valence electrons. The Morgan fingerprint density at radius 2 is 1.18 bits per heavy atom. The average molecular weight is 243 g/mol. The summed E-state index contributed by atoms with van der Waals surface area (Å²) in [6.07, 6.45) is 0. The number of hydrogen-bond acceptors (Lipinski definition) is 0. The van der Waals surface area contributed by atoms with Crippen molar-refractivity contribution in [3.05, 3.63) is 60.7 Å². The van der Waals surface area contributed by atoms with Crippen LogP contribution in [0.15, 0.2) is 70.5 Å². The lowest BCUT2D eigenvalue weighted by Gasteiger charge is -2.10. The van der Waals surface area contributed by atoms with Gasteiger partial charge in [-0.3, -0.25) is 0 Å². The van der Waals surface area contributed by atoms with Crippen molar-refractivity contribution in [1.82, 2.24) is 0 Å². The first-order valence-electron chi connectivity index (χ1n) is 6.08. The van der Waals surface area contributed by atoms with Gasteiger partial charge in [-0.15, -0.1) is 0 Å². The third-order valence-corrected chi connectivity index (χ3v) is 5.24. The molecule has 0 fully saturated rings. The van der Waals surface area contributed by atoms with Crippen LogP contribution in [0.5, 0.6) is 0 Å². The van der Waals surface area contributed by atoms with E-state index in [9.17, 15) is 0 Å². The summed E-state index contributed by atoms with van der Waals surface area (Å²) >= 11 is 0. The third kappa shape index (κ3) is 3.37. The first-order chi connectivity index (χ1) is 8.27. The highest BCUT2D eigenvalue weighted by Gasteiger charge is 2.25. The molecule has 1 heteroatoms. The Labute approximate surface area is 107 Å². The summed E-state index contributed by atoms with van der Waals surface area (Å²) in [4.78, 5) is 2.90. The SMILES string of the molecule is CC(C)C[S+](c1ccccc1)c1ccccc1. The lowest BCUT2D eigenvalue weighted by molar-refractivity contribution is 0.745. The van der Waals surface area contributed by atoms with Crippen molar-refractivity contribution < 1.29 is 0 Å². The summed E-state index contributed by atoms with van der Waals surface area (Å²) in [5.74, 6) is 1.95. The minimum atomic E-state index is 0.219. The van der Waals surface area contributed by atoms with Crippen LogP contribution in [0.3, 0.4) is 0 Å². The molecule has 17 heavy (non-hydrogen) atoms. The molecule has 0 nitrogen and oxygen atoms in total. The van der Waals surface area contributed by atoms with Crippen molar-refractivity contribution in [3.63, 3.8) is 0 Å². The molecule has 0 radical (unpaired) electrons. The first-order valence-corrected chi connectivity index (χ1v) is 7.48. The van der Waals surface area contributed by atoms with E-state index >= 15 is 0 Å². The second kappa shape index (κ2) is 5.92. The summed E-state index contributed by atoms with van der Waals surface area (Å²) in [6, 6.07) is 21.7. The topological polar surface area (TPSA) is 0 Å². The summed E-state index contributed by atoms with van der Waals surface area (Å²) in [7, 11) is 0.219. The number of benzene rings is 2. The van der Waals surface area contributed by atoms with Gasteiger partial charge in [0.1, 0.15) is 5.75 Å². The van der Waals surface area contributed by atoms with Gasteiger partial charge in [0.2, 0.25) is 0 Å². The van der Waals surface area contributed by atoms with Crippen LogP contribution >= 0.6 is 0 Å². The van der Waals surface area contributed by atoms with E-state index in [0.717, 1.165) is 5.92 Å². The Bertz CT molecular complexity index is 394. The molecule has 0 aliphatic rings. The third-order valence-electron chi connectivity index (χ3n) is 2.56. The Hall–Kier alpha value is -1.21. The molecule has 0 saturated carbocycles. The van der Waals surface area contributed by atoms with E-state index < -0.39 is 0 Å². The Kier molecular flexibility index (Phi) is 4.27. The van der Waals surface area contributed by atoms with Gasteiger partial charge in [-0.1, -0.05) is 50.2 Å². The van der Waals surface area contributed by atoms with Crippen LogP contribution in [0, 0.1) is 5.92 Å². The molecule has 0 aliphatic carbocycles. The Balaban J connectivity index is 2.32. The van der Waals surface area contributed by atoms with Gasteiger partial charge in [0, 0.05) is 0 Å². The molecule has 0 atom stereocenters. The standard InChI is InChI=1S/C16H19S/c1-14(2)13-17(15-9-5-3-6-10-15)16-11-7-4-8-12-16/h3-12,14H,13H2,1-2H3/q+1. The fourth-order valence-electron chi connectivity index (χ4n) is 1.83. The van der Waals surface area contributed by atoms with Gasteiger partial charge in [-0.2, -0.15) is 0 Å². The predicted molar refractivity (Wildman–Crippen MR) is 76.5 cm³/mol. The summed E-state index contributed by atoms with van der Waals surface area (Å²) in [6.45, 7) is 4.60. The normalized spacial score (nSPS) is 11.1. The number of hydrogen-bond donors (Lipinski definition) is 0. The van der Waals surface area contributed by atoms with Crippen LogP contribution in [0.4, 0.5) is 0 Å². The molecule has 0 amide bonds. The van der Waals surface area contributed by atoms with Crippen molar-refractivity contribution in [2.45, 2.75) is 23.6 Å². The molecule has 0 aromatic heterocycles. The van der Waals surface area contributed by atoms with Crippen molar-refractivity contribution in [2.24, 2.45) is 5.92 Å².